The fourth-order valence-corrected chi connectivity index (χ4v) is 0.554. The second kappa shape index (κ2) is 10.3. The average Bonchev–Trinajstić information content (AvgIpc) is 1.58. The number of aliphatic carboxylic acids is 2. The van der Waals surface area contributed by atoms with Gasteiger partial charge < -0.3 is 10.2 Å². The molecule has 0 fully saturated rings. The van der Waals surface area contributed by atoms with Crippen molar-refractivity contribution < 1.29 is 19.8 Å². The quantitative estimate of drug-likeness (QED) is 0.432. The Morgan fingerprint density at radius 1 is 1.08 bits per heavy atom. The van der Waals surface area contributed by atoms with Gasteiger partial charge in [0.15, 0.2) is 0 Å². The first-order valence-electron chi connectivity index (χ1n) is 2.36. The Labute approximate surface area is 119 Å². The molecule has 0 spiro atoms. The summed E-state index contributed by atoms with van der Waals surface area (Å²) in [6.07, 6.45) is 0. The van der Waals surface area contributed by atoms with E-state index in [-0.39, 0.29) is 59.1 Å². The number of hydrogen-bond donors (Lipinski definition) is 2. The minimum atomic E-state index is -1.16. The van der Waals surface area contributed by atoms with Crippen molar-refractivity contribution in [2.45, 2.75) is 0 Å². The van der Waals surface area contributed by atoms with Gasteiger partial charge in [0.2, 0.25) is 0 Å². The van der Waals surface area contributed by atoms with Gasteiger partial charge in [0.1, 0.15) is 13.1 Å². The van der Waals surface area contributed by atoms with E-state index in [0.29, 0.717) is 4.42 Å². The second-order valence-electron chi connectivity index (χ2n) is 1.57. The van der Waals surface area contributed by atoms with Crippen LogP contribution in [0.4, 0.5) is 0 Å². The van der Waals surface area contributed by atoms with Gasteiger partial charge in [-0.1, -0.05) is 0 Å². The molecule has 0 aromatic carbocycles. The molecule has 2 N–H and O–H groups in total. The van der Waals surface area contributed by atoms with Crippen LogP contribution >= 0.6 is 11.8 Å². The van der Waals surface area contributed by atoms with Crippen molar-refractivity contribution in [3.63, 3.8) is 0 Å². The molecular weight excluding hydrogens is 207 g/mol. The molecule has 12 heavy (non-hydrogen) atoms. The summed E-state index contributed by atoms with van der Waals surface area (Å²) in [5, 5.41) is 16.2. The van der Waals surface area contributed by atoms with Gasteiger partial charge in [-0.15, -0.1) is 0 Å². The van der Waals surface area contributed by atoms with Crippen LogP contribution in [-0.2, 0) is 9.59 Å². The summed E-state index contributed by atoms with van der Waals surface area (Å²) in [7, 11) is 0. The zero-order chi connectivity index (χ0) is 8.15. The molecule has 0 saturated heterocycles. The topological polar surface area (TPSA) is 77.8 Å². The summed E-state index contributed by atoms with van der Waals surface area (Å²) in [4.78, 5) is 19.7. The van der Waals surface area contributed by atoms with E-state index in [0.717, 1.165) is 0 Å². The van der Waals surface area contributed by atoms with Crippen molar-refractivity contribution >= 4 is 82.8 Å². The van der Waals surface area contributed by atoms with Gasteiger partial charge in [-0.3, -0.25) is 9.59 Å². The van der Waals surface area contributed by atoms with Crippen LogP contribution in [0.1, 0.15) is 0 Å². The predicted octanol–water partition coefficient (Wildman–Crippen LogP) is -1.69. The predicted molar refractivity (Wildman–Crippen MR) is 47.0 cm³/mol. The molecule has 0 radical (unpaired) electrons. The van der Waals surface area contributed by atoms with Crippen molar-refractivity contribution in [3.05, 3.63) is 0 Å². The number of carboxylic acids is 2. The summed E-state index contributed by atoms with van der Waals surface area (Å²) in [5.41, 5.74) is 0. The SMILES string of the molecule is O=C(O)CN(Cl)CC(=O)O.[NaH].[NaH]. The number of rotatable bonds is 4. The van der Waals surface area contributed by atoms with Crippen LogP contribution in [0, 0.1) is 0 Å². The van der Waals surface area contributed by atoms with Crippen molar-refractivity contribution in [3.8, 4) is 0 Å². The molecule has 0 aliphatic rings. The van der Waals surface area contributed by atoms with E-state index < -0.39 is 25.0 Å². The van der Waals surface area contributed by atoms with Crippen LogP contribution < -0.4 is 0 Å². The number of carbonyl (C=O) groups is 2. The monoisotopic (exact) mass is 215 g/mol. The van der Waals surface area contributed by atoms with E-state index in [1.807, 2.05) is 0 Å². The summed E-state index contributed by atoms with van der Waals surface area (Å²) < 4.78 is 0.671. The van der Waals surface area contributed by atoms with Gasteiger partial charge in [0.05, 0.1) is 0 Å². The molecule has 0 bridgehead atoms. The first-order valence-corrected chi connectivity index (χ1v) is 2.70. The molecule has 0 aromatic rings. The molecule has 0 unspecified atom stereocenters. The third kappa shape index (κ3) is 13.8. The van der Waals surface area contributed by atoms with E-state index in [1.165, 1.54) is 0 Å². The maximum absolute atomic E-state index is 9.87. The zero-order valence-corrected chi connectivity index (χ0v) is 5.71. The van der Waals surface area contributed by atoms with Crippen LogP contribution in [-0.4, -0.2) is 98.8 Å². The minimum absolute atomic E-state index is 0. The van der Waals surface area contributed by atoms with E-state index in [1.54, 1.807) is 0 Å². The molecule has 0 saturated carbocycles. The van der Waals surface area contributed by atoms with Gasteiger partial charge in [0, 0.05) is 0 Å². The third-order valence-corrected chi connectivity index (χ3v) is 0.853. The summed E-state index contributed by atoms with van der Waals surface area (Å²) >= 11 is 5.14. The molecule has 0 aromatic heterocycles. The van der Waals surface area contributed by atoms with E-state index in [9.17, 15) is 9.59 Å². The van der Waals surface area contributed by atoms with Crippen molar-refractivity contribution in [1.29, 1.82) is 0 Å². The van der Waals surface area contributed by atoms with Gasteiger partial charge >= 0.3 is 71.1 Å². The van der Waals surface area contributed by atoms with Gasteiger partial charge in [-0.05, 0) is 11.8 Å². The Kier molecular flexibility index (Phi) is 16.2. The van der Waals surface area contributed by atoms with Crippen LogP contribution in [0.3, 0.4) is 0 Å². The van der Waals surface area contributed by atoms with Crippen LogP contribution in [0.2, 0.25) is 0 Å². The maximum atomic E-state index is 9.87. The second-order valence-corrected chi connectivity index (χ2v) is 2.04. The molecule has 0 rings (SSSR count). The van der Waals surface area contributed by atoms with Crippen molar-refractivity contribution in [1.82, 2.24) is 4.42 Å². The fourth-order valence-electron chi connectivity index (χ4n) is 0.349. The van der Waals surface area contributed by atoms with Crippen LogP contribution in [0.15, 0.2) is 0 Å². The average molecular weight is 216 g/mol. The normalized spacial score (nSPS) is 8.17. The Morgan fingerprint density at radius 3 is 1.50 bits per heavy atom. The molecule has 0 amide bonds. The van der Waals surface area contributed by atoms with Gasteiger partial charge in [0.25, 0.3) is 0 Å². The van der Waals surface area contributed by atoms with E-state index >= 15 is 0 Å². The molecule has 0 aliphatic carbocycles. The Hall–Kier alpha value is 1.19. The van der Waals surface area contributed by atoms with Gasteiger partial charge in [-0.25, -0.2) is 0 Å². The van der Waals surface area contributed by atoms with Crippen molar-refractivity contribution in [2.75, 3.05) is 13.1 Å². The number of hydrogen-bond acceptors (Lipinski definition) is 3. The zero-order valence-electron chi connectivity index (χ0n) is 4.95. The molecule has 0 heterocycles. The summed E-state index contributed by atoms with van der Waals surface area (Å²) in [6.45, 7) is -0.957. The molecule has 0 atom stereocenters. The molecular formula is C4H8ClNNa2O4. The number of carboxylic acid groups (broad SMARTS) is 2. The Balaban J connectivity index is -0.000000405. The molecule has 5 nitrogen and oxygen atoms in total. The van der Waals surface area contributed by atoms with Crippen LogP contribution in [0.25, 0.3) is 0 Å². The summed E-state index contributed by atoms with van der Waals surface area (Å²) in [5.74, 6) is -2.31. The summed E-state index contributed by atoms with van der Waals surface area (Å²) in [6, 6.07) is 0. The van der Waals surface area contributed by atoms with E-state index in [4.69, 9.17) is 22.0 Å². The van der Waals surface area contributed by atoms with Gasteiger partial charge in [-0.2, -0.15) is 4.42 Å². The fraction of sp³-hybridized carbons (Fsp3) is 0.500. The first kappa shape index (κ1) is 18.9. The van der Waals surface area contributed by atoms with Crippen molar-refractivity contribution in [2.24, 2.45) is 0 Å². The molecule has 62 valence electrons. The Bertz CT molecular complexity index is 140. The standard InChI is InChI=1S/C4H6ClNO4.2Na.2H/c5-6(1-3(7)8)2-4(9)10;;;;/h1-2H2,(H,7,8)(H,9,10);;;;. The van der Waals surface area contributed by atoms with Crippen LogP contribution in [0.5, 0.6) is 0 Å². The first-order chi connectivity index (χ1) is 4.52. The number of halogens is 1. The van der Waals surface area contributed by atoms with E-state index in [2.05, 4.69) is 0 Å². The molecule has 8 heteroatoms. The number of nitrogens with zero attached hydrogens (tertiary/aromatic N) is 1. The third-order valence-electron chi connectivity index (χ3n) is 0.614. The Morgan fingerprint density at radius 2 is 1.33 bits per heavy atom. The molecule has 0 aliphatic heterocycles.